The van der Waals surface area contributed by atoms with Crippen LogP contribution in [-0.2, 0) is 16.1 Å². The predicted molar refractivity (Wildman–Crippen MR) is 96.7 cm³/mol. The van der Waals surface area contributed by atoms with Crippen molar-refractivity contribution in [3.63, 3.8) is 0 Å². The van der Waals surface area contributed by atoms with Crippen molar-refractivity contribution in [1.82, 2.24) is 10.2 Å². The summed E-state index contributed by atoms with van der Waals surface area (Å²) < 4.78 is 0. The van der Waals surface area contributed by atoms with Gasteiger partial charge in [0.25, 0.3) is 0 Å². The lowest BCUT2D eigenvalue weighted by atomic mass is 10.1. The standard InChI is InChI=1S/C16H23N3O2S.ClH/c17-15(20)6-8-19(11-13-4-2-1-3-5-13)16(21)10-14-12-22-9-7-18-14;/h1-5,14,18H,6-12H2,(H2,17,20);1H. The lowest BCUT2D eigenvalue weighted by molar-refractivity contribution is -0.132. The molecule has 2 rings (SSSR count). The molecule has 3 N–H and O–H groups in total. The Labute approximate surface area is 147 Å². The summed E-state index contributed by atoms with van der Waals surface area (Å²) in [7, 11) is 0. The molecule has 1 aliphatic rings. The van der Waals surface area contributed by atoms with Crippen molar-refractivity contribution in [2.45, 2.75) is 25.4 Å². The number of carbonyl (C=O) groups excluding carboxylic acids is 2. The maximum absolute atomic E-state index is 12.6. The van der Waals surface area contributed by atoms with E-state index in [-0.39, 0.29) is 36.7 Å². The van der Waals surface area contributed by atoms with E-state index >= 15 is 0 Å². The average molecular weight is 358 g/mol. The van der Waals surface area contributed by atoms with Gasteiger partial charge in [0, 0.05) is 50.0 Å². The van der Waals surface area contributed by atoms with Crippen LogP contribution < -0.4 is 11.1 Å². The van der Waals surface area contributed by atoms with Crippen molar-refractivity contribution in [3.05, 3.63) is 35.9 Å². The molecule has 0 bridgehead atoms. The van der Waals surface area contributed by atoms with Gasteiger partial charge in [-0.15, -0.1) is 12.4 Å². The summed E-state index contributed by atoms with van der Waals surface area (Å²) in [6.45, 7) is 1.85. The first kappa shape index (κ1) is 19.8. The molecule has 1 aromatic rings. The van der Waals surface area contributed by atoms with Crippen LogP contribution in [0.3, 0.4) is 0 Å². The summed E-state index contributed by atoms with van der Waals surface area (Å²) >= 11 is 1.87. The first-order chi connectivity index (χ1) is 10.6. The van der Waals surface area contributed by atoms with E-state index in [1.807, 2.05) is 42.1 Å². The van der Waals surface area contributed by atoms with Gasteiger partial charge in [0.15, 0.2) is 0 Å². The molecule has 1 saturated heterocycles. The van der Waals surface area contributed by atoms with E-state index in [1.54, 1.807) is 4.90 Å². The summed E-state index contributed by atoms with van der Waals surface area (Å²) in [4.78, 5) is 25.3. The SMILES string of the molecule is Cl.NC(=O)CCN(Cc1ccccc1)C(=O)CC1CSCCN1. The van der Waals surface area contributed by atoms with Crippen molar-refractivity contribution in [3.8, 4) is 0 Å². The van der Waals surface area contributed by atoms with Gasteiger partial charge in [-0.05, 0) is 5.56 Å². The lowest BCUT2D eigenvalue weighted by Gasteiger charge is -2.27. The monoisotopic (exact) mass is 357 g/mol. The highest BCUT2D eigenvalue weighted by atomic mass is 35.5. The van der Waals surface area contributed by atoms with Gasteiger partial charge in [-0.2, -0.15) is 11.8 Å². The van der Waals surface area contributed by atoms with Crippen LogP contribution in [-0.4, -0.2) is 47.4 Å². The van der Waals surface area contributed by atoms with Crippen LogP contribution in [0.4, 0.5) is 0 Å². The fourth-order valence-corrected chi connectivity index (χ4v) is 3.38. The molecule has 0 aromatic heterocycles. The van der Waals surface area contributed by atoms with E-state index in [0.717, 1.165) is 23.6 Å². The van der Waals surface area contributed by atoms with Crippen LogP contribution in [0.15, 0.2) is 30.3 Å². The van der Waals surface area contributed by atoms with Crippen LogP contribution in [0.1, 0.15) is 18.4 Å². The van der Waals surface area contributed by atoms with Crippen molar-refractivity contribution < 1.29 is 9.59 Å². The molecular formula is C16H24ClN3O2S. The van der Waals surface area contributed by atoms with E-state index in [0.29, 0.717) is 19.5 Å². The minimum Gasteiger partial charge on any atom is -0.370 e. The molecule has 1 fully saturated rings. The fourth-order valence-electron chi connectivity index (χ4n) is 2.43. The second-order valence-electron chi connectivity index (χ2n) is 5.45. The van der Waals surface area contributed by atoms with Gasteiger partial charge in [0.2, 0.25) is 11.8 Å². The number of carbonyl (C=O) groups is 2. The smallest absolute Gasteiger partial charge is 0.224 e. The number of thioether (sulfide) groups is 1. The van der Waals surface area contributed by atoms with Gasteiger partial charge in [-0.25, -0.2) is 0 Å². The third kappa shape index (κ3) is 7.24. The zero-order valence-electron chi connectivity index (χ0n) is 13.1. The Kier molecular flexibility index (Phi) is 9.06. The molecular weight excluding hydrogens is 334 g/mol. The molecule has 23 heavy (non-hydrogen) atoms. The quantitative estimate of drug-likeness (QED) is 0.773. The second-order valence-corrected chi connectivity index (χ2v) is 6.60. The van der Waals surface area contributed by atoms with E-state index in [4.69, 9.17) is 5.73 Å². The maximum Gasteiger partial charge on any atom is 0.224 e. The molecule has 1 atom stereocenters. The Morgan fingerprint density at radius 1 is 1.30 bits per heavy atom. The number of nitrogens with one attached hydrogen (secondary N) is 1. The van der Waals surface area contributed by atoms with E-state index in [9.17, 15) is 9.59 Å². The number of hydrogen-bond donors (Lipinski definition) is 2. The summed E-state index contributed by atoms with van der Waals surface area (Å²) in [6.07, 6.45) is 0.671. The topological polar surface area (TPSA) is 75.4 Å². The van der Waals surface area contributed by atoms with Gasteiger partial charge < -0.3 is 16.0 Å². The Morgan fingerprint density at radius 2 is 2.04 bits per heavy atom. The van der Waals surface area contributed by atoms with Gasteiger partial charge in [-0.3, -0.25) is 9.59 Å². The molecule has 5 nitrogen and oxygen atoms in total. The first-order valence-electron chi connectivity index (χ1n) is 7.56. The number of primary amides is 1. The minimum atomic E-state index is -0.378. The zero-order valence-corrected chi connectivity index (χ0v) is 14.7. The van der Waals surface area contributed by atoms with Gasteiger partial charge in [0.05, 0.1) is 0 Å². The largest absolute Gasteiger partial charge is 0.370 e. The van der Waals surface area contributed by atoms with Crippen LogP contribution in [0, 0.1) is 0 Å². The third-order valence-electron chi connectivity index (χ3n) is 3.62. The van der Waals surface area contributed by atoms with E-state index in [2.05, 4.69) is 5.32 Å². The van der Waals surface area contributed by atoms with E-state index in [1.165, 1.54) is 0 Å². The maximum atomic E-state index is 12.6. The number of nitrogens with zero attached hydrogens (tertiary/aromatic N) is 1. The molecule has 0 radical (unpaired) electrons. The Balaban J connectivity index is 0.00000264. The van der Waals surface area contributed by atoms with Crippen molar-refractivity contribution in [2.75, 3.05) is 24.6 Å². The van der Waals surface area contributed by atoms with Gasteiger partial charge in [-0.1, -0.05) is 30.3 Å². The fraction of sp³-hybridized carbons (Fsp3) is 0.500. The highest BCUT2D eigenvalue weighted by Crippen LogP contribution is 2.13. The highest BCUT2D eigenvalue weighted by molar-refractivity contribution is 7.99. The molecule has 128 valence electrons. The number of hydrogen-bond acceptors (Lipinski definition) is 4. The summed E-state index contributed by atoms with van der Waals surface area (Å²) in [5.74, 6) is 1.75. The molecule has 7 heteroatoms. The van der Waals surface area contributed by atoms with Crippen LogP contribution in [0.5, 0.6) is 0 Å². The Morgan fingerprint density at radius 3 is 2.65 bits per heavy atom. The predicted octanol–water partition coefficient (Wildman–Crippen LogP) is 1.41. The number of nitrogens with two attached hydrogens (primary N) is 1. The number of benzene rings is 1. The van der Waals surface area contributed by atoms with Crippen molar-refractivity contribution in [2.24, 2.45) is 5.73 Å². The molecule has 0 saturated carbocycles. The van der Waals surface area contributed by atoms with Gasteiger partial charge >= 0.3 is 0 Å². The van der Waals surface area contributed by atoms with Crippen molar-refractivity contribution >= 4 is 36.0 Å². The summed E-state index contributed by atoms with van der Waals surface area (Å²) in [5.41, 5.74) is 6.29. The second kappa shape index (κ2) is 10.5. The number of rotatable bonds is 7. The number of amides is 2. The Hall–Kier alpha value is -1.24. The molecule has 1 aliphatic heterocycles. The zero-order chi connectivity index (χ0) is 15.8. The molecule has 0 spiro atoms. The van der Waals surface area contributed by atoms with Crippen LogP contribution in [0.2, 0.25) is 0 Å². The number of halogens is 1. The lowest BCUT2D eigenvalue weighted by Crippen LogP contribution is -2.43. The highest BCUT2D eigenvalue weighted by Gasteiger charge is 2.21. The Bertz CT molecular complexity index is 495. The van der Waals surface area contributed by atoms with Crippen LogP contribution >= 0.6 is 24.2 Å². The van der Waals surface area contributed by atoms with Gasteiger partial charge in [0.1, 0.15) is 0 Å². The summed E-state index contributed by atoms with van der Waals surface area (Å²) in [5, 5.41) is 3.37. The minimum absolute atomic E-state index is 0. The summed E-state index contributed by atoms with van der Waals surface area (Å²) in [6, 6.07) is 10.0. The van der Waals surface area contributed by atoms with Crippen LogP contribution in [0.25, 0.3) is 0 Å². The van der Waals surface area contributed by atoms with Crippen molar-refractivity contribution in [1.29, 1.82) is 0 Å². The average Bonchev–Trinajstić information content (AvgIpc) is 2.53. The van der Waals surface area contributed by atoms with E-state index < -0.39 is 0 Å². The molecule has 1 heterocycles. The molecule has 0 aliphatic carbocycles. The molecule has 1 aromatic carbocycles. The first-order valence-corrected chi connectivity index (χ1v) is 8.72. The third-order valence-corrected chi connectivity index (χ3v) is 4.75. The molecule has 2 amide bonds. The normalized spacial score (nSPS) is 17.1. The molecule has 1 unspecified atom stereocenters.